The highest BCUT2D eigenvalue weighted by Crippen LogP contribution is 2.36. The Hall–Kier alpha value is -3.45. The van der Waals surface area contributed by atoms with Crippen molar-refractivity contribution in [3.63, 3.8) is 0 Å². The minimum atomic E-state index is -0.375. The summed E-state index contributed by atoms with van der Waals surface area (Å²) in [6.07, 6.45) is 1.69. The summed E-state index contributed by atoms with van der Waals surface area (Å²) in [5.74, 6) is 0.788. The van der Waals surface area contributed by atoms with Crippen LogP contribution in [0.1, 0.15) is 23.6 Å². The van der Waals surface area contributed by atoms with Gasteiger partial charge in [-0.05, 0) is 76.5 Å². The minimum absolute atomic E-state index is 0.0726. The van der Waals surface area contributed by atoms with Crippen LogP contribution in [0, 0.1) is 0 Å². The Morgan fingerprint density at radius 3 is 2.50 bits per heavy atom. The smallest absolute Gasteiger partial charge is 0.293 e. The molecule has 0 radical (unpaired) electrons. The number of carbonyl (C=O) groups excluding carboxylic acids is 2. The Kier molecular flexibility index (Phi) is 7.93. The molecule has 1 fully saturated rings. The molecule has 1 heterocycles. The van der Waals surface area contributed by atoms with Crippen molar-refractivity contribution in [1.29, 1.82) is 0 Å². The fourth-order valence-electron chi connectivity index (χ4n) is 4.18. The standard InChI is InChI=1S/C30H23Cl2NO4S/c1-2-36-27-14-19(10-13-26(27)37-18-22-8-5-7-20-6-3-4-9-24(20)22)15-28-29(34)33(30(35)38-28)17-21-11-12-23(31)16-25(21)32/h3-16H,2,17-18H2,1H3/b28-15-. The van der Waals surface area contributed by atoms with Crippen LogP contribution in [-0.4, -0.2) is 22.7 Å². The summed E-state index contributed by atoms with van der Waals surface area (Å²) in [4.78, 5) is 27.2. The van der Waals surface area contributed by atoms with Crippen molar-refractivity contribution < 1.29 is 19.1 Å². The maximum atomic E-state index is 13.0. The second kappa shape index (κ2) is 11.5. The predicted octanol–water partition coefficient (Wildman–Crippen LogP) is 8.36. The van der Waals surface area contributed by atoms with Gasteiger partial charge in [-0.25, -0.2) is 0 Å². The van der Waals surface area contributed by atoms with Gasteiger partial charge in [-0.2, -0.15) is 0 Å². The van der Waals surface area contributed by atoms with Crippen molar-refractivity contribution >= 4 is 63.0 Å². The first-order valence-electron chi connectivity index (χ1n) is 12.0. The number of rotatable bonds is 8. The van der Waals surface area contributed by atoms with Gasteiger partial charge in [0.2, 0.25) is 0 Å². The monoisotopic (exact) mass is 563 g/mol. The molecule has 0 N–H and O–H groups in total. The number of hydrogen-bond acceptors (Lipinski definition) is 5. The zero-order valence-corrected chi connectivity index (χ0v) is 22.8. The van der Waals surface area contributed by atoms with Crippen molar-refractivity contribution in [3.05, 3.63) is 111 Å². The highest BCUT2D eigenvalue weighted by molar-refractivity contribution is 8.18. The largest absolute Gasteiger partial charge is 0.490 e. The maximum Gasteiger partial charge on any atom is 0.293 e. The molecule has 38 heavy (non-hydrogen) atoms. The third kappa shape index (κ3) is 5.68. The van der Waals surface area contributed by atoms with Gasteiger partial charge in [0.05, 0.1) is 18.1 Å². The van der Waals surface area contributed by atoms with E-state index >= 15 is 0 Å². The third-order valence-corrected chi connectivity index (χ3v) is 7.54. The number of nitrogens with zero attached hydrogens (tertiary/aromatic N) is 1. The van der Waals surface area contributed by atoms with E-state index in [0.29, 0.717) is 45.2 Å². The Morgan fingerprint density at radius 1 is 0.868 bits per heavy atom. The molecule has 0 unspecified atom stereocenters. The minimum Gasteiger partial charge on any atom is -0.490 e. The van der Waals surface area contributed by atoms with Gasteiger partial charge in [0.15, 0.2) is 11.5 Å². The fraction of sp³-hybridized carbons (Fsp3) is 0.133. The molecular weight excluding hydrogens is 541 g/mol. The molecule has 0 aliphatic carbocycles. The van der Waals surface area contributed by atoms with Crippen LogP contribution in [0.3, 0.4) is 0 Å². The summed E-state index contributed by atoms with van der Waals surface area (Å²) >= 11 is 13.1. The van der Waals surface area contributed by atoms with E-state index < -0.39 is 0 Å². The van der Waals surface area contributed by atoms with E-state index in [-0.39, 0.29) is 17.7 Å². The quantitative estimate of drug-likeness (QED) is 0.201. The van der Waals surface area contributed by atoms with Crippen molar-refractivity contribution in [1.82, 2.24) is 4.90 Å². The Bertz CT molecular complexity index is 1560. The van der Waals surface area contributed by atoms with E-state index in [1.54, 1.807) is 24.3 Å². The van der Waals surface area contributed by atoms with Crippen LogP contribution in [0.4, 0.5) is 4.79 Å². The van der Waals surface area contributed by atoms with Crippen LogP contribution < -0.4 is 9.47 Å². The fourth-order valence-corrected chi connectivity index (χ4v) is 5.49. The van der Waals surface area contributed by atoms with Gasteiger partial charge in [-0.15, -0.1) is 0 Å². The van der Waals surface area contributed by atoms with Crippen LogP contribution in [0.2, 0.25) is 10.0 Å². The molecule has 5 nitrogen and oxygen atoms in total. The van der Waals surface area contributed by atoms with E-state index in [2.05, 4.69) is 18.2 Å². The zero-order valence-electron chi connectivity index (χ0n) is 20.4. The number of carbonyl (C=O) groups is 2. The molecule has 1 aliphatic rings. The molecule has 0 atom stereocenters. The molecule has 2 amide bonds. The SMILES string of the molecule is CCOc1cc(/C=C2\SC(=O)N(Cc3ccc(Cl)cc3Cl)C2=O)ccc1OCc1cccc2ccccc12. The molecule has 1 aliphatic heterocycles. The van der Waals surface area contributed by atoms with Gasteiger partial charge < -0.3 is 9.47 Å². The molecule has 8 heteroatoms. The summed E-state index contributed by atoms with van der Waals surface area (Å²) in [6.45, 7) is 2.80. The van der Waals surface area contributed by atoms with Crippen LogP contribution >= 0.6 is 35.0 Å². The van der Waals surface area contributed by atoms with Gasteiger partial charge in [0.25, 0.3) is 11.1 Å². The number of thioether (sulfide) groups is 1. The van der Waals surface area contributed by atoms with E-state index in [1.807, 2.05) is 49.4 Å². The number of amides is 2. The van der Waals surface area contributed by atoms with E-state index in [9.17, 15) is 9.59 Å². The molecule has 0 saturated carbocycles. The highest BCUT2D eigenvalue weighted by atomic mass is 35.5. The summed E-state index contributed by atoms with van der Waals surface area (Å²) in [7, 11) is 0. The van der Waals surface area contributed by atoms with E-state index in [1.165, 1.54) is 4.90 Å². The lowest BCUT2D eigenvalue weighted by molar-refractivity contribution is -0.123. The van der Waals surface area contributed by atoms with Gasteiger partial charge in [0.1, 0.15) is 6.61 Å². The second-order valence-electron chi connectivity index (χ2n) is 8.57. The van der Waals surface area contributed by atoms with Gasteiger partial charge in [-0.1, -0.05) is 77.8 Å². The van der Waals surface area contributed by atoms with Gasteiger partial charge in [0, 0.05) is 10.0 Å². The number of ether oxygens (including phenoxy) is 2. The molecule has 4 aromatic rings. The summed E-state index contributed by atoms with van der Waals surface area (Å²) < 4.78 is 12.0. The first kappa shape index (κ1) is 26.2. The second-order valence-corrected chi connectivity index (χ2v) is 10.4. The lowest BCUT2D eigenvalue weighted by Crippen LogP contribution is -2.27. The lowest BCUT2D eigenvalue weighted by atomic mass is 10.1. The molecule has 0 spiro atoms. The number of benzene rings is 4. The van der Waals surface area contributed by atoms with E-state index in [0.717, 1.165) is 33.7 Å². The Labute approximate surface area is 234 Å². The molecular formula is C30H23Cl2NO4S. The number of hydrogen-bond donors (Lipinski definition) is 0. The number of halogens is 2. The molecule has 1 saturated heterocycles. The Morgan fingerprint density at radius 2 is 1.68 bits per heavy atom. The summed E-state index contributed by atoms with van der Waals surface area (Å²) in [5.41, 5.74) is 2.44. The van der Waals surface area contributed by atoms with E-state index in [4.69, 9.17) is 32.7 Å². The van der Waals surface area contributed by atoms with Crippen LogP contribution in [0.25, 0.3) is 16.8 Å². The average molecular weight is 564 g/mol. The number of imide groups is 1. The summed E-state index contributed by atoms with van der Waals surface area (Å²) in [5, 5.41) is 2.83. The normalized spacial score (nSPS) is 14.5. The van der Waals surface area contributed by atoms with Crippen LogP contribution in [-0.2, 0) is 17.9 Å². The first-order chi connectivity index (χ1) is 18.4. The zero-order chi connectivity index (χ0) is 26.6. The third-order valence-electron chi connectivity index (χ3n) is 6.05. The molecule has 0 aromatic heterocycles. The van der Waals surface area contributed by atoms with Gasteiger partial charge in [-0.3, -0.25) is 14.5 Å². The van der Waals surface area contributed by atoms with Crippen molar-refractivity contribution in [3.8, 4) is 11.5 Å². The molecule has 0 bridgehead atoms. The molecule has 5 rings (SSSR count). The Balaban J connectivity index is 1.34. The van der Waals surface area contributed by atoms with Crippen molar-refractivity contribution in [2.75, 3.05) is 6.61 Å². The topological polar surface area (TPSA) is 55.8 Å². The first-order valence-corrected chi connectivity index (χ1v) is 13.6. The lowest BCUT2D eigenvalue weighted by Gasteiger charge is -2.14. The van der Waals surface area contributed by atoms with Gasteiger partial charge >= 0.3 is 0 Å². The highest BCUT2D eigenvalue weighted by Gasteiger charge is 2.35. The van der Waals surface area contributed by atoms with Crippen LogP contribution in [0.15, 0.2) is 83.8 Å². The van der Waals surface area contributed by atoms with Crippen LogP contribution in [0.5, 0.6) is 11.5 Å². The van der Waals surface area contributed by atoms with Crippen molar-refractivity contribution in [2.24, 2.45) is 0 Å². The molecule has 4 aromatic carbocycles. The number of fused-ring (bicyclic) bond motifs is 1. The molecule has 192 valence electrons. The average Bonchev–Trinajstić information content (AvgIpc) is 3.17. The summed E-state index contributed by atoms with van der Waals surface area (Å²) in [6, 6.07) is 24.8. The predicted molar refractivity (Wildman–Crippen MR) is 154 cm³/mol. The van der Waals surface area contributed by atoms with Crippen molar-refractivity contribution in [2.45, 2.75) is 20.1 Å². The maximum absolute atomic E-state index is 13.0.